The van der Waals surface area contributed by atoms with Gasteiger partial charge < -0.3 is 0 Å². The van der Waals surface area contributed by atoms with Gasteiger partial charge in [-0.05, 0) is 6.92 Å². The summed E-state index contributed by atoms with van der Waals surface area (Å²) in [5.41, 5.74) is 2.12. The average Bonchev–Trinajstić information content (AvgIpc) is 2.76. The zero-order chi connectivity index (χ0) is 14.0. The number of nitrogens with one attached hydrogen (secondary N) is 1. The third kappa shape index (κ3) is 2.96. The van der Waals surface area contributed by atoms with Crippen LogP contribution in [0.25, 0.3) is 5.78 Å². The molecule has 10 heteroatoms. The van der Waals surface area contributed by atoms with Gasteiger partial charge in [-0.15, -0.1) is 0 Å². The molecule has 1 N–H and O–H groups in total. The van der Waals surface area contributed by atoms with Crippen LogP contribution in [0.5, 0.6) is 0 Å². The van der Waals surface area contributed by atoms with E-state index < -0.39 is 18.7 Å². The Hall–Kier alpha value is -2.23. The van der Waals surface area contributed by atoms with E-state index in [4.69, 9.17) is 0 Å². The maximum absolute atomic E-state index is 11.8. The fraction of sp³-hybridized carbons (Fsp3) is 0.333. The molecule has 0 aromatic carbocycles. The molecule has 0 fully saturated rings. The van der Waals surface area contributed by atoms with Crippen LogP contribution in [0.1, 0.15) is 16.1 Å². The largest absolute Gasteiger partial charge is 0.414 e. The Labute approximate surface area is 104 Å². The number of carbonyl (C=O) groups excluding carboxylic acids is 1. The fourth-order valence-electron chi connectivity index (χ4n) is 1.35. The molecule has 0 aliphatic heterocycles. The molecule has 0 spiro atoms. The highest BCUT2D eigenvalue weighted by molar-refractivity contribution is 5.94. The van der Waals surface area contributed by atoms with Crippen molar-refractivity contribution in [3.05, 3.63) is 23.8 Å². The van der Waals surface area contributed by atoms with Crippen molar-refractivity contribution in [1.29, 1.82) is 0 Å². The van der Waals surface area contributed by atoms with Gasteiger partial charge in [0.15, 0.2) is 6.61 Å². The molecule has 1 amide bonds. The Morgan fingerprint density at radius 1 is 1.47 bits per heavy atom. The number of hydrogen-bond donors (Lipinski definition) is 1. The average molecular weight is 275 g/mol. The molecular formula is C9H8F3N5O2. The van der Waals surface area contributed by atoms with Gasteiger partial charge in [-0.25, -0.2) is 15.0 Å². The van der Waals surface area contributed by atoms with Gasteiger partial charge in [-0.3, -0.25) is 9.63 Å². The number of aromatic nitrogens is 4. The number of fused-ring (bicyclic) bond motifs is 1. The molecule has 0 aliphatic carbocycles. The monoisotopic (exact) mass is 275 g/mol. The highest BCUT2D eigenvalue weighted by Crippen LogP contribution is 2.14. The predicted octanol–water partition coefficient (Wildman–Crippen LogP) is 0.656. The Morgan fingerprint density at radius 3 is 2.89 bits per heavy atom. The first-order valence-corrected chi connectivity index (χ1v) is 5.03. The van der Waals surface area contributed by atoms with Crippen LogP contribution < -0.4 is 5.48 Å². The molecule has 0 bridgehead atoms. The van der Waals surface area contributed by atoms with Crippen LogP contribution in [0.15, 0.2) is 12.5 Å². The number of halogens is 3. The summed E-state index contributed by atoms with van der Waals surface area (Å²) in [6.45, 7) is -0.0151. The third-order valence-electron chi connectivity index (χ3n) is 2.19. The van der Waals surface area contributed by atoms with Crippen molar-refractivity contribution in [2.75, 3.05) is 6.61 Å². The third-order valence-corrected chi connectivity index (χ3v) is 2.19. The number of rotatable bonds is 3. The van der Waals surface area contributed by atoms with E-state index in [1.54, 1.807) is 12.4 Å². The number of hydrogen-bond acceptors (Lipinski definition) is 5. The molecule has 2 aromatic rings. The van der Waals surface area contributed by atoms with Crippen LogP contribution in [0.3, 0.4) is 0 Å². The van der Waals surface area contributed by atoms with Crippen LogP contribution in [-0.2, 0) is 4.84 Å². The molecule has 0 atom stereocenters. The molecule has 0 aliphatic rings. The number of nitrogens with zero attached hydrogens (tertiary/aromatic N) is 4. The predicted molar refractivity (Wildman–Crippen MR) is 55.0 cm³/mol. The van der Waals surface area contributed by atoms with Gasteiger partial charge in [-0.2, -0.15) is 23.3 Å². The molecule has 102 valence electrons. The van der Waals surface area contributed by atoms with Crippen molar-refractivity contribution in [3.8, 4) is 0 Å². The highest BCUT2D eigenvalue weighted by Gasteiger charge is 2.28. The number of amides is 1. The van der Waals surface area contributed by atoms with E-state index in [9.17, 15) is 18.0 Å². The summed E-state index contributed by atoms with van der Waals surface area (Å²) in [4.78, 5) is 23.3. The second-order valence-electron chi connectivity index (χ2n) is 3.56. The minimum atomic E-state index is -4.52. The van der Waals surface area contributed by atoms with E-state index >= 15 is 0 Å². The van der Waals surface area contributed by atoms with Crippen molar-refractivity contribution in [2.45, 2.75) is 13.1 Å². The molecular weight excluding hydrogens is 267 g/mol. The summed E-state index contributed by atoms with van der Waals surface area (Å²) in [5, 5.41) is 3.82. The summed E-state index contributed by atoms with van der Waals surface area (Å²) in [7, 11) is 0. The van der Waals surface area contributed by atoms with Crippen LogP contribution in [-0.4, -0.2) is 38.3 Å². The van der Waals surface area contributed by atoms with Gasteiger partial charge in [0.25, 0.3) is 11.7 Å². The van der Waals surface area contributed by atoms with Crippen molar-refractivity contribution in [3.63, 3.8) is 0 Å². The summed E-state index contributed by atoms with van der Waals surface area (Å²) >= 11 is 0. The van der Waals surface area contributed by atoms with Crippen molar-refractivity contribution < 1.29 is 22.8 Å². The lowest BCUT2D eigenvalue weighted by molar-refractivity contribution is -0.184. The SMILES string of the molecule is Cc1c(C(=O)NOCC(F)(F)F)cnc2ncnn12. The fourth-order valence-corrected chi connectivity index (χ4v) is 1.35. The lowest BCUT2D eigenvalue weighted by atomic mass is 10.2. The topological polar surface area (TPSA) is 81.4 Å². The molecule has 0 saturated carbocycles. The Morgan fingerprint density at radius 2 is 2.21 bits per heavy atom. The summed E-state index contributed by atoms with van der Waals surface area (Å²) in [5.74, 6) is -0.558. The second-order valence-corrected chi connectivity index (χ2v) is 3.56. The summed E-state index contributed by atoms with van der Waals surface area (Å²) in [6, 6.07) is 0. The van der Waals surface area contributed by atoms with Gasteiger partial charge in [0.2, 0.25) is 0 Å². The maximum Gasteiger partial charge on any atom is 0.414 e. The maximum atomic E-state index is 11.8. The summed E-state index contributed by atoms with van der Waals surface area (Å²) in [6.07, 6.45) is -2.08. The first-order valence-electron chi connectivity index (χ1n) is 5.03. The minimum Gasteiger partial charge on any atom is -0.267 e. The minimum absolute atomic E-state index is 0.0418. The summed E-state index contributed by atoms with van der Waals surface area (Å²) < 4.78 is 36.8. The van der Waals surface area contributed by atoms with Crippen LogP contribution in [0.4, 0.5) is 13.2 Å². The van der Waals surface area contributed by atoms with Crippen LogP contribution >= 0.6 is 0 Å². The zero-order valence-corrected chi connectivity index (χ0v) is 9.60. The van der Waals surface area contributed by atoms with Crippen molar-refractivity contribution in [1.82, 2.24) is 25.1 Å². The van der Waals surface area contributed by atoms with E-state index in [0.29, 0.717) is 5.69 Å². The lowest BCUT2D eigenvalue weighted by Gasteiger charge is -2.09. The van der Waals surface area contributed by atoms with E-state index in [1.807, 2.05) is 0 Å². The molecule has 2 aromatic heterocycles. The number of aryl methyl sites for hydroxylation is 1. The number of alkyl halides is 3. The van der Waals surface area contributed by atoms with Crippen molar-refractivity contribution in [2.24, 2.45) is 0 Å². The molecule has 0 saturated heterocycles. The smallest absolute Gasteiger partial charge is 0.267 e. The molecule has 0 unspecified atom stereocenters. The molecule has 0 radical (unpaired) electrons. The molecule has 2 heterocycles. The second kappa shape index (κ2) is 4.80. The van der Waals surface area contributed by atoms with E-state index in [2.05, 4.69) is 19.9 Å². The molecule has 2 rings (SSSR count). The standard InChI is InChI=1S/C9H8F3N5O2/c1-5-6(2-13-8-14-4-15-17(5)8)7(18)16-19-3-9(10,11)12/h2,4H,3H2,1H3,(H,16,18). The zero-order valence-electron chi connectivity index (χ0n) is 9.60. The van der Waals surface area contributed by atoms with Crippen LogP contribution in [0.2, 0.25) is 0 Å². The van der Waals surface area contributed by atoms with E-state index in [0.717, 1.165) is 0 Å². The number of carbonyl (C=O) groups is 1. The quantitative estimate of drug-likeness (QED) is 0.832. The van der Waals surface area contributed by atoms with Gasteiger partial charge >= 0.3 is 6.18 Å². The lowest BCUT2D eigenvalue weighted by Crippen LogP contribution is -2.30. The van der Waals surface area contributed by atoms with Gasteiger partial charge in [0.1, 0.15) is 6.33 Å². The first-order chi connectivity index (χ1) is 8.88. The van der Waals surface area contributed by atoms with Gasteiger partial charge in [0, 0.05) is 6.20 Å². The Bertz CT molecular complexity index is 609. The van der Waals surface area contributed by atoms with Gasteiger partial charge in [-0.1, -0.05) is 0 Å². The normalized spacial score (nSPS) is 11.8. The van der Waals surface area contributed by atoms with E-state index in [1.165, 1.54) is 17.0 Å². The Kier molecular flexibility index (Phi) is 3.34. The Balaban J connectivity index is 2.11. The molecule has 7 nitrogen and oxygen atoms in total. The van der Waals surface area contributed by atoms with E-state index in [-0.39, 0.29) is 11.3 Å². The van der Waals surface area contributed by atoms with Gasteiger partial charge in [0.05, 0.1) is 11.3 Å². The molecule has 19 heavy (non-hydrogen) atoms. The number of hydroxylamine groups is 1. The van der Waals surface area contributed by atoms with Crippen LogP contribution in [0, 0.1) is 6.92 Å². The van der Waals surface area contributed by atoms with Crippen molar-refractivity contribution >= 4 is 11.7 Å². The highest BCUT2D eigenvalue weighted by atomic mass is 19.4. The first kappa shape index (κ1) is 13.2.